The third-order valence-corrected chi connectivity index (χ3v) is 3.10. The molecule has 0 aliphatic rings. The van der Waals surface area contributed by atoms with Crippen LogP contribution in [0.4, 0.5) is 5.69 Å². The molecular weight excluding hydrogens is 220 g/mol. The Morgan fingerprint density at radius 3 is 2.39 bits per heavy atom. The number of nitrogens with one attached hydrogen (secondary N) is 2. The van der Waals surface area contributed by atoms with E-state index in [9.17, 15) is 0 Å². The monoisotopic (exact) mass is 242 g/mol. The third kappa shape index (κ3) is 3.02. The van der Waals surface area contributed by atoms with Crippen molar-refractivity contribution in [2.45, 2.75) is 26.3 Å². The largest absolute Gasteiger partial charge is 0.379 e. The first-order chi connectivity index (χ1) is 8.50. The summed E-state index contributed by atoms with van der Waals surface area (Å²) in [6.07, 6.45) is 0. The van der Waals surface area contributed by atoms with Gasteiger partial charge in [0.1, 0.15) is 0 Å². The summed E-state index contributed by atoms with van der Waals surface area (Å²) in [6, 6.07) is 13.1. The highest BCUT2D eigenvalue weighted by Crippen LogP contribution is 2.22. The Balaban J connectivity index is 2.28. The second kappa shape index (κ2) is 4.99. The molecule has 0 bridgehead atoms. The fourth-order valence-corrected chi connectivity index (χ4v) is 2.32. The van der Waals surface area contributed by atoms with Crippen molar-refractivity contribution in [2.24, 2.45) is 0 Å². The van der Waals surface area contributed by atoms with Gasteiger partial charge in [-0.05, 0) is 50.7 Å². The van der Waals surface area contributed by atoms with E-state index in [1.807, 2.05) is 7.05 Å². The van der Waals surface area contributed by atoms with Crippen molar-refractivity contribution >= 4 is 16.5 Å². The highest BCUT2D eigenvalue weighted by molar-refractivity contribution is 5.86. The van der Waals surface area contributed by atoms with Crippen LogP contribution in [0, 0.1) is 6.92 Å². The van der Waals surface area contributed by atoms with E-state index in [0.717, 1.165) is 6.54 Å². The Bertz CT molecular complexity index is 544. The highest BCUT2D eigenvalue weighted by Gasteiger charge is 2.15. The van der Waals surface area contributed by atoms with Crippen molar-refractivity contribution in [1.29, 1.82) is 0 Å². The zero-order valence-electron chi connectivity index (χ0n) is 11.7. The van der Waals surface area contributed by atoms with Gasteiger partial charge in [-0.15, -0.1) is 0 Å². The number of hydrogen-bond acceptors (Lipinski definition) is 2. The van der Waals surface area contributed by atoms with E-state index in [1.54, 1.807) is 0 Å². The number of rotatable bonds is 4. The molecule has 0 saturated heterocycles. The summed E-state index contributed by atoms with van der Waals surface area (Å²) in [5, 5.41) is 9.36. The van der Waals surface area contributed by atoms with Gasteiger partial charge in [0.2, 0.25) is 0 Å². The van der Waals surface area contributed by atoms with Crippen LogP contribution in [0.15, 0.2) is 36.4 Å². The van der Waals surface area contributed by atoms with E-state index in [-0.39, 0.29) is 5.54 Å². The average Bonchev–Trinajstić information content (AvgIpc) is 2.28. The second-order valence-corrected chi connectivity index (χ2v) is 5.60. The van der Waals surface area contributed by atoms with Gasteiger partial charge in [0.05, 0.1) is 0 Å². The van der Waals surface area contributed by atoms with Crippen LogP contribution in [0.25, 0.3) is 10.8 Å². The van der Waals surface area contributed by atoms with E-state index in [0.29, 0.717) is 0 Å². The van der Waals surface area contributed by atoms with Gasteiger partial charge < -0.3 is 10.6 Å². The van der Waals surface area contributed by atoms with Crippen molar-refractivity contribution < 1.29 is 0 Å². The summed E-state index contributed by atoms with van der Waals surface area (Å²) in [5.74, 6) is 0. The Hall–Kier alpha value is -1.54. The first-order valence-corrected chi connectivity index (χ1v) is 6.43. The Morgan fingerprint density at radius 1 is 1.00 bits per heavy atom. The summed E-state index contributed by atoms with van der Waals surface area (Å²) in [4.78, 5) is 0. The van der Waals surface area contributed by atoms with Crippen LogP contribution in [-0.4, -0.2) is 19.1 Å². The first-order valence-electron chi connectivity index (χ1n) is 6.43. The van der Waals surface area contributed by atoms with Gasteiger partial charge in [0.25, 0.3) is 0 Å². The van der Waals surface area contributed by atoms with Crippen LogP contribution in [0.1, 0.15) is 19.4 Å². The minimum atomic E-state index is 0.0487. The Morgan fingerprint density at radius 2 is 1.67 bits per heavy atom. The number of fused-ring (bicyclic) bond motifs is 1. The van der Waals surface area contributed by atoms with E-state index < -0.39 is 0 Å². The normalized spacial score (nSPS) is 11.8. The molecule has 2 rings (SSSR count). The molecule has 0 aliphatic carbocycles. The Kier molecular flexibility index (Phi) is 3.58. The molecule has 0 atom stereocenters. The van der Waals surface area contributed by atoms with Crippen LogP contribution in [-0.2, 0) is 0 Å². The maximum absolute atomic E-state index is 3.56. The lowest BCUT2D eigenvalue weighted by Crippen LogP contribution is -2.40. The number of hydrogen-bond donors (Lipinski definition) is 2. The lowest BCUT2D eigenvalue weighted by atomic mass is 10.0. The summed E-state index contributed by atoms with van der Waals surface area (Å²) in [5.41, 5.74) is 2.53. The zero-order chi connectivity index (χ0) is 13.2. The number of benzene rings is 2. The minimum absolute atomic E-state index is 0.0487. The molecule has 0 amide bonds. The van der Waals surface area contributed by atoms with Crippen molar-refractivity contribution in [3.8, 4) is 0 Å². The molecule has 0 unspecified atom stereocenters. The van der Waals surface area contributed by atoms with Crippen LogP contribution >= 0.6 is 0 Å². The van der Waals surface area contributed by atoms with E-state index in [1.165, 1.54) is 22.0 Å². The quantitative estimate of drug-likeness (QED) is 0.856. The molecule has 0 saturated carbocycles. The summed E-state index contributed by atoms with van der Waals surface area (Å²) in [7, 11) is 1.98. The minimum Gasteiger partial charge on any atom is -0.379 e. The van der Waals surface area contributed by atoms with Gasteiger partial charge in [-0.1, -0.05) is 29.8 Å². The molecule has 0 radical (unpaired) electrons. The lowest BCUT2D eigenvalue weighted by Gasteiger charge is -2.27. The lowest BCUT2D eigenvalue weighted by molar-refractivity contribution is 0.531. The topological polar surface area (TPSA) is 24.1 Å². The molecule has 0 aromatic heterocycles. The average molecular weight is 242 g/mol. The molecule has 96 valence electrons. The van der Waals surface area contributed by atoms with Gasteiger partial charge in [-0.2, -0.15) is 0 Å². The summed E-state index contributed by atoms with van der Waals surface area (Å²) in [6.45, 7) is 7.45. The van der Waals surface area contributed by atoms with E-state index in [4.69, 9.17) is 0 Å². The molecule has 2 nitrogen and oxygen atoms in total. The molecule has 2 aromatic carbocycles. The Labute approximate surface area is 109 Å². The maximum Gasteiger partial charge on any atom is 0.0441 e. The molecule has 2 N–H and O–H groups in total. The fraction of sp³-hybridized carbons (Fsp3) is 0.375. The second-order valence-electron chi connectivity index (χ2n) is 5.60. The molecule has 0 aliphatic heterocycles. The fourth-order valence-electron chi connectivity index (χ4n) is 2.32. The molecule has 0 fully saturated rings. The van der Waals surface area contributed by atoms with Crippen molar-refractivity contribution in [3.63, 3.8) is 0 Å². The van der Waals surface area contributed by atoms with Crippen molar-refractivity contribution in [3.05, 3.63) is 42.0 Å². The summed E-state index contributed by atoms with van der Waals surface area (Å²) >= 11 is 0. The van der Waals surface area contributed by atoms with Gasteiger partial charge in [-0.3, -0.25) is 0 Å². The van der Waals surface area contributed by atoms with Crippen LogP contribution in [0.5, 0.6) is 0 Å². The molecular formula is C16H22N2. The van der Waals surface area contributed by atoms with Crippen LogP contribution < -0.4 is 10.6 Å². The van der Waals surface area contributed by atoms with Gasteiger partial charge in [0.15, 0.2) is 0 Å². The maximum atomic E-state index is 3.56. The first kappa shape index (κ1) is 12.9. The molecule has 2 heteroatoms. The molecule has 0 heterocycles. The van der Waals surface area contributed by atoms with Crippen LogP contribution in [0.3, 0.4) is 0 Å². The van der Waals surface area contributed by atoms with Crippen molar-refractivity contribution in [2.75, 3.05) is 18.9 Å². The number of likely N-dealkylation sites (N-methyl/N-ethyl adjacent to an activating group) is 1. The van der Waals surface area contributed by atoms with E-state index in [2.05, 4.69) is 67.8 Å². The van der Waals surface area contributed by atoms with Gasteiger partial charge >= 0.3 is 0 Å². The molecule has 2 aromatic rings. The smallest absolute Gasteiger partial charge is 0.0441 e. The van der Waals surface area contributed by atoms with E-state index >= 15 is 0 Å². The van der Waals surface area contributed by atoms with Gasteiger partial charge in [-0.25, -0.2) is 0 Å². The third-order valence-electron chi connectivity index (χ3n) is 3.10. The highest BCUT2D eigenvalue weighted by atomic mass is 15.0. The summed E-state index contributed by atoms with van der Waals surface area (Å²) < 4.78 is 0. The predicted molar refractivity (Wildman–Crippen MR) is 80.3 cm³/mol. The van der Waals surface area contributed by atoms with Gasteiger partial charge in [0, 0.05) is 17.8 Å². The number of anilines is 1. The van der Waals surface area contributed by atoms with Crippen LogP contribution in [0.2, 0.25) is 0 Å². The molecule has 18 heavy (non-hydrogen) atoms. The SMILES string of the molecule is CNCC(C)(C)Nc1ccc2cc(C)ccc2c1. The standard InChI is InChI=1S/C16H22N2/c1-12-5-6-14-10-15(8-7-13(14)9-12)18-16(2,3)11-17-4/h5-10,17-18H,11H2,1-4H3. The predicted octanol–water partition coefficient (Wildman–Crippen LogP) is 3.56. The number of aryl methyl sites for hydroxylation is 1. The zero-order valence-corrected chi connectivity index (χ0v) is 11.7. The van der Waals surface area contributed by atoms with Crippen molar-refractivity contribution in [1.82, 2.24) is 5.32 Å². The molecule has 0 spiro atoms.